The van der Waals surface area contributed by atoms with Crippen LogP contribution in [0, 0.1) is 0 Å². The van der Waals surface area contributed by atoms with Gasteiger partial charge in [-0.1, -0.05) is 48.5 Å². The minimum atomic E-state index is -2.19. The highest BCUT2D eigenvalue weighted by Crippen LogP contribution is 2.41. The summed E-state index contributed by atoms with van der Waals surface area (Å²) in [7, 11) is 0. The fourth-order valence-electron chi connectivity index (χ4n) is 13.3. The first-order valence-corrected chi connectivity index (χ1v) is 32.8. The van der Waals surface area contributed by atoms with Crippen molar-refractivity contribution in [1.29, 1.82) is 0 Å². The molecule has 0 amide bonds. The maximum Gasteiger partial charge on any atom is 0.187 e. The summed E-state index contributed by atoms with van der Waals surface area (Å²) in [4.78, 5) is 0. The molecule has 0 aromatic heterocycles. The quantitative estimate of drug-likeness (QED) is 0.106. The number of aliphatic hydroxyl groups is 19. The standard InChI is InChI=1S/C58H80O33S2/c59-9-24-45-31(64)38(71)52(78-24)86-46-25(10-60)81-55(41(74)34(46)67)90-50-29-16-92-14-18-1-5-22-20(7-18)3-4-21-8-19(2-6-23(21)22)15-93-17-30-51(36(69)43(76)57(83-30)88-48-27(12-62)79-53(85-45)39(72)32(48)65)91-56-42(75)35(68)47(26(11-61)82-56)87-54-40(73)33(66)49(28(13-63)80-54)89-58(84-29)44(77)37(50)70/h1-8,24-77H,9-17H2/t24-,25-,26-,27-,28-,29-,30-,31?,32?,33?,34?,35?,36?,37?,38?,39?,40?,41?,42?,43+,44?,45-,46-,47-,48-,49-,50-,51-,52-,53-,54-,55-,56+,57-,58-/m1/s1. The van der Waals surface area contributed by atoms with Gasteiger partial charge in [-0.3, -0.25) is 0 Å². The van der Waals surface area contributed by atoms with E-state index in [1.807, 2.05) is 48.5 Å². The first kappa shape index (κ1) is 70.4. The van der Waals surface area contributed by atoms with E-state index in [1.165, 1.54) is 23.5 Å². The molecule has 22 bridgehead atoms. The number of hydrogen-bond donors (Lipinski definition) is 19. The largest absolute Gasteiger partial charge is 0.394 e. The minimum Gasteiger partial charge on any atom is -0.394 e. The Hall–Kier alpha value is -2.44. The van der Waals surface area contributed by atoms with E-state index < -0.39 is 248 Å². The predicted molar refractivity (Wildman–Crippen MR) is 308 cm³/mol. The lowest BCUT2D eigenvalue weighted by Crippen LogP contribution is -2.68. The molecule has 93 heavy (non-hydrogen) atoms. The molecule has 13 unspecified atom stereocenters. The van der Waals surface area contributed by atoms with E-state index in [0.717, 1.165) is 32.7 Å². The number of rotatable bonds is 5. The molecule has 38 aliphatic heterocycles. The van der Waals surface area contributed by atoms with Crippen molar-refractivity contribution in [1.82, 2.24) is 0 Å². The first-order valence-electron chi connectivity index (χ1n) is 30.5. The van der Waals surface area contributed by atoms with Crippen molar-refractivity contribution in [3.63, 3.8) is 0 Å². The van der Waals surface area contributed by atoms with E-state index in [2.05, 4.69) is 0 Å². The Morgan fingerprint density at radius 2 is 0.495 bits per heavy atom. The molecule has 0 saturated carbocycles. The van der Waals surface area contributed by atoms with Gasteiger partial charge in [0, 0.05) is 23.0 Å². The number of hydrogen-bond acceptors (Lipinski definition) is 35. The highest BCUT2D eigenvalue weighted by molar-refractivity contribution is 7.98. The van der Waals surface area contributed by atoms with E-state index in [1.54, 1.807) is 0 Å². The lowest BCUT2D eigenvalue weighted by Gasteiger charge is -2.50. The zero-order chi connectivity index (χ0) is 66.0. The molecular weight excluding hydrogens is 1290 g/mol. The summed E-state index contributed by atoms with van der Waals surface area (Å²) < 4.78 is 84.3. The molecule has 41 rings (SSSR count). The van der Waals surface area contributed by atoms with Crippen LogP contribution in [-0.2, 0) is 77.8 Å². The van der Waals surface area contributed by atoms with Crippen molar-refractivity contribution >= 4 is 45.1 Å². The minimum absolute atomic E-state index is 0.108. The van der Waals surface area contributed by atoms with Crippen LogP contribution >= 0.6 is 23.5 Å². The Morgan fingerprint density at radius 1 is 0.269 bits per heavy atom. The van der Waals surface area contributed by atoms with Gasteiger partial charge in [-0.25, -0.2) is 0 Å². The van der Waals surface area contributed by atoms with Gasteiger partial charge in [0.25, 0.3) is 0 Å². The summed E-state index contributed by atoms with van der Waals surface area (Å²) in [6, 6.07) is 15.5. The van der Waals surface area contributed by atoms with Gasteiger partial charge in [-0.05, 0) is 32.7 Å². The lowest BCUT2D eigenvalue weighted by atomic mass is 9.95. The van der Waals surface area contributed by atoms with E-state index in [9.17, 15) is 97.0 Å². The van der Waals surface area contributed by atoms with Crippen molar-refractivity contribution in [2.45, 2.75) is 226 Å². The first-order chi connectivity index (χ1) is 44.6. The molecule has 35 heteroatoms. The van der Waals surface area contributed by atoms with Crippen molar-refractivity contribution < 1.29 is 163 Å². The van der Waals surface area contributed by atoms with Crippen LogP contribution in [-0.4, -0.2) is 357 Å². The number of aliphatic hydroxyl groups excluding tert-OH is 19. The summed E-state index contributed by atoms with van der Waals surface area (Å²) in [5, 5.41) is 221. The third kappa shape index (κ3) is 13.9. The van der Waals surface area contributed by atoms with Crippen molar-refractivity contribution in [3.05, 3.63) is 59.7 Å². The summed E-state index contributed by atoms with van der Waals surface area (Å²) in [5.74, 6) is 0.353. The van der Waals surface area contributed by atoms with Crippen LogP contribution in [0.25, 0.3) is 21.5 Å². The van der Waals surface area contributed by atoms with Crippen LogP contribution in [0.3, 0.4) is 0 Å². The van der Waals surface area contributed by atoms with Gasteiger partial charge in [-0.15, -0.1) is 0 Å². The van der Waals surface area contributed by atoms with Crippen molar-refractivity contribution in [2.75, 3.05) is 44.5 Å². The highest BCUT2D eigenvalue weighted by Gasteiger charge is 2.60. The molecular formula is C58H80O33S2. The van der Waals surface area contributed by atoms with Crippen LogP contribution in [0.1, 0.15) is 11.1 Å². The smallest absolute Gasteiger partial charge is 0.187 e. The lowest BCUT2D eigenvalue weighted by molar-refractivity contribution is -0.395. The van der Waals surface area contributed by atoms with Crippen LogP contribution in [0.2, 0.25) is 0 Å². The molecule has 0 spiro atoms. The van der Waals surface area contributed by atoms with Gasteiger partial charge < -0.3 is 163 Å². The SMILES string of the molecule is OC[C@H]1O[C@@H]2O[C@H]3C(O)C(O)[C@@H]4O[C@@H]3CSCc3ccc5c(ccc6cc(ccc65)CSC[C@H]5O[C@H](O[C@H]6C(O)C(O)[C@H](O[C@@H]6CO)O[C@H]6C(O)C(O)[C@H](O[C@@H]6CO)O[C@H]1C(O)C2O)[C@@H](O)C(O)[C@@H]5O[C@@H]1O[C@H](CO)[C@@H](O[C@H]2O[C@H](CO)[C@@H](O4)C(O)C2O)C(O)C1O)c3. The number of benzene rings is 3. The molecule has 33 nitrogen and oxygen atoms in total. The van der Waals surface area contributed by atoms with Crippen molar-refractivity contribution in [2.24, 2.45) is 0 Å². The number of thioether (sulfide) groups is 2. The maximum atomic E-state index is 12.0. The van der Waals surface area contributed by atoms with E-state index in [4.69, 9.17) is 66.3 Å². The van der Waals surface area contributed by atoms with Gasteiger partial charge >= 0.3 is 0 Å². The Labute approximate surface area is 537 Å². The van der Waals surface area contributed by atoms with Gasteiger partial charge in [0.15, 0.2) is 44.0 Å². The summed E-state index contributed by atoms with van der Waals surface area (Å²) in [5.41, 5.74) is 1.63. The van der Waals surface area contributed by atoms with Gasteiger partial charge in [0.1, 0.15) is 159 Å². The molecule has 3 aromatic rings. The zero-order valence-electron chi connectivity index (χ0n) is 49.2. The zero-order valence-corrected chi connectivity index (χ0v) is 50.9. The predicted octanol–water partition coefficient (Wildman–Crippen LogP) is -8.73. The average molecular weight is 1370 g/mol. The van der Waals surface area contributed by atoms with Crippen LogP contribution in [0.4, 0.5) is 0 Å². The molecule has 17 fully saturated rings. The monoisotopic (exact) mass is 1370 g/mol. The third-order valence-corrected chi connectivity index (χ3v) is 20.7. The maximum absolute atomic E-state index is 12.0. The topological polar surface area (TPSA) is 514 Å². The Kier molecular flexibility index (Phi) is 22.6. The Balaban J connectivity index is 0.932. The second kappa shape index (κ2) is 29.8. The van der Waals surface area contributed by atoms with E-state index in [0.29, 0.717) is 0 Å². The van der Waals surface area contributed by atoms with Crippen LogP contribution in [0.15, 0.2) is 48.5 Å². The molecule has 38 aliphatic rings. The normalized spacial score (nSPS) is 48.9. The summed E-state index contributed by atoms with van der Waals surface area (Å²) >= 11 is 2.50. The average Bonchev–Trinajstić information content (AvgIpc) is 0.819. The molecule has 522 valence electrons. The summed E-state index contributed by atoms with van der Waals surface area (Å²) in [6.07, 6.45) is -67.8. The van der Waals surface area contributed by atoms with Gasteiger partial charge in [-0.2, -0.15) is 23.5 Å². The van der Waals surface area contributed by atoms with Crippen LogP contribution in [0.5, 0.6) is 0 Å². The molecule has 35 atom stereocenters. The number of ether oxygens (including phenoxy) is 14. The highest BCUT2D eigenvalue weighted by atomic mass is 32.2. The van der Waals surface area contributed by atoms with E-state index in [-0.39, 0.29) is 23.0 Å². The fraction of sp³-hybridized carbons (Fsp3) is 0.759. The van der Waals surface area contributed by atoms with Crippen LogP contribution < -0.4 is 0 Å². The second-order valence-electron chi connectivity index (χ2n) is 24.5. The molecule has 3 aromatic carbocycles. The summed E-state index contributed by atoms with van der Waals surface area (Å²) in [6.45, 7) is -5.04. The van der Waals surface area contributed by atoms with Crippen molar-refractivity contribution in [3.8, 4) is 0 Å². The van der Waals surface area contributed by atoms with E-state index >= 15 is 0 Å². The Morgan fingerprint density at radius 3 is 0.742 bits per heavy atom. The second-order valence-corrected chi connectivity index (χ2v) is 26.6. The molecule has 38 heterocycles. The fourth-order valence-corrected chi connectivity index (χ4v) is 15.4. The van der Waals surface area contributed by atoms with Gasteiger partial charge in [0.2, 0.25) is 0 Å². The molecule has 0 aliphatic carbocycles. The molecule has 17 saturated heterocycles. The van der Waals surface area contributed by atoms with Gasteiger partial charge in [0.05, 0.1) is 45.2 Å². The Bertz CT molecular complexity index is 2940. The molecule has 0 radical (unpaired) electrons. The third-order valence-electron chi connectivity index (χ3n) is 18.5. The molecule has 19 N–H and O–H groups in total.